The van der Waals surface area contributed by atoms with Gasteiger partial charge in [-0.05, 0) is 40.9 Å². The van der Waals surface area contributed by atoms with Crippen LogP contribution in [0, 0.1) is 0 Å². The molecule has 1 aliphatic rings. The van der Waals surface area contributed by atoms with Crippen LogP contribution in [0.15, 0.2) is 33.3 Å². The number of aromatic nitrogens is 1. The summed E-state index contributed by atoms with van der Waals surface area (Å²) in [7, 11) is 0. The SMILES string of the molecule is O=C(COc1c(Br)cc(Br)c2cccnc12)N1CCCCCC1. The van der Waals surface area contributed by atoms with Crippen molar-refractivity contribution in [3.05, 3.63) is 33.3 Å². The maximum Gasteiger partial charge on any atom is 0.260 e. The Morgan fingerprint density at radius 3 is 2.65 bits per heavy atom. The predicted octanol–water partition coefficient (Wildman–Crippen LogP) is 4.54. The van der Waals surface area contributed by atoms with Crippen molar-refractivity contribution < 1.29 is 9.53 Å². The third-order valence-electron chi connectivity index (χ3n) is 4.05. The van der Waals surface area contributed by atoms with Gasteiger partial charge < -0.3 is 9.64 Å². The summed E-state index contributed by atoms with van der Waals surface area (Å²) in [4.78, 5) is 18.7. The van der Waals surface area contributed by atoms with Crippen LogP contribution in [0.25, 0.3) is 10.9 Å². The summed E-state index contributed by atoms with van der Waals surface area (Å²) in [6, 6.07) is 5.78. The Hall–Kier alpha value is -1.14. The molecule has 0 spiro atoms. The van der Waals surface area contributed by atoms with Crippen LogP contribution in [-0.2, 0) is 4.79 Å². The molecule has 2 aromatic rings. The normalized spacial score (nSPS) is 15.5. The smallest absolute Gasteiger partial charge is 0.260 e. The zero-order valence-corrected chi connectivity index (χ0v) is 15.9. The van der Waals surface area contributed by atoms with E-state index in [-0.39, 0.29) is 12.5 Å². The van der Waals surface area contributed by atoms with E-state index in [0.717, 1.165) is 45.8 Å². The minimum Gasteiger partial charge on any atom is -0.480 e. The zero-order chi connectivity index (χ0) is 16.2. The molecule has 4 nitrogen and oxygen atoms in total. The standard InChI is InChI=1S/C17H18Br2N2O2/c18-13-10-14(19)17(16-12(13)6-5-7-20-16)23-11-15(22)21-8-3-1-2-4-9-21/h5-7,10H,1-4,8-9,11H2. The second kappa shape index (κ2) is 7.62. The molecule has 0 N–H and O–H groups in total. The van der Waals surface area contributed by atoms with Crippen molar-refractivity contribution in [3.8, 4) is 5.75 Å². The average molecular weight is 442 g/mol. The lowest BCUT2D eigenvalue weighted by Crippen LogP contribution is -2.35. The highest BCUT2D eigenvalue weighted by atomic mass is 79.9. The molecule has 0 saturated carbocycles. The van der Waals surface area contributed by atoms with Gasteiger partial charge >= 0.3 is 0 Å². The van der Waals surface area contributed by atoms with Crippen molar-refractivity contribution in [1.29, 1.82) is 0 Å². The van der Waals surface area contributed by atoms with Gasteiger partial charge in [0.1, 0.15) is 5.52 Å². The van der Waals surface area contributed by atoms with Gasteiger partial charge in [-0.1, -0.05) is 34.8 Å². The monoisotopic (exact) mass is 440 g/mol. The fourth-order valence-electron chi connectivity index (χ4n) is 2.83. The summed E-state index contributed by atoms with van der Waals surface area (Å²) < 4.78 is 7.57. The van der Waals surface area contributed by atoms with Gasteiger partial charge in [0.05, 0.1) is 4.47 Å². The number of nitrogens with zero attached hydrogens (tertiary/aromatic N) is 2. The van der Waals surface area contributed by atoms with Gasteiger partial charge in [0.25, 0.3) is 5.91 Å². The molecular formula is C17H18Br2N2O2. The lowest BCUT2D eigenvalue weighted by atomic mass is 10.2. The number of hydrogen-bond acceptors (Lipinski definition) is 3. The van der Waals surface area contributed by atoms with Crippen molar-refractivity contribution in [2.24, 2.45) is 0 Å². The molecule has 3 rings (SSSR count). The predicted molar refractivity (Wildman–Crippen MR) is 97.7 cm³/mol. The first-order valence-corrected chi connectivity index (χ1v) is 9.38. The molecule has 0 bridgehead atoms. The molecular weight excluding hydrogens is 424 g/mol. The van der Waals surface area contributed by atoms with Gasteiger partial charge in [-0.15, -0.1) is 0 Å². The van der Waals surface area contributed by atoms with Crippen molar-refractivity contribution >= 4 is 48.7 Å². The molecule has 0 unspecified atom stereocenters. The molecule has 0 aliphatic carbocycles. The Morgan fingerprint density at radius 1 is 1.17 bits per heavy atom. The van der Waals surface area contributed by atoms with Crippen molar-refractivity contribution in [2.75, 3.05) is 19.7 Å². The van der Waals surface area contributed by atoms with Crippen LogP contribution in [0.4, 0.5) is 0 Å². The lowest BCUT2D eigenvalue weighted by Gasteiger charge is -2.20. The van der Waals surface area contributed by atoms with E-state index in [1.165, 1.54) is 12.8 Å². The van der Waals surface area contributed by atoms with Gasteiger partial charge in [-0.25, -0.2) is 0 Å². The minimum absolute atomic E-state index is 0.0470. The lowest BCUT2D eigenvalue weighted by molar-refractivity contribution is -0.133. The van der Waals surface area contributed by atoms with Crippen LogP contribution in [0.5, 0.6) is 5.75 Å². The zero-order valence-electron chi connectivity index (χ0n) is 12.7. The largest absolute Gasteiger partial charge is 0.480 e. The molecule has 1 aromatic carbocycles. The van der Waals surface area contributed by atoms with E-state index in [1.54, 1.807) is 6.20 Å². The number of amides is 1. The molecule has 1 fully saturated rings. The van der Waals surface area contributed by atoms with Gasteiger partial charge in [-0.3, -0.25) is 9.78 Å². The van der Waals surface area contributed by atoms with E-state index in [0.29, 0.717) is 5.75 Å². The van der Waals surface area contributed by atoms with Crippen molar-refractivity contribution in [3.63, 3.8) is 0 Å². The topological polar surface area (TPSA) is 42.4 Å². The molecule has 1 saturated heterocycles. The molecule has 2 heterocycles. The molecule has 0 radical (unpaired) electrons. The summed E-state index contributed by atoms with van der Waals surface area (Å²) in [5, 5.41) is 0.966. The number of fused-ring (bicyclic) bond motifs is 1. The maximum absolute atomic E-state index is 12.4. The summed E-state index contributed by atoms with van der Waals surface area (Å²) in [5.74, 6) is 0.665. The number of likely N-dealkylation sites (tertiary alicyclic amines) is 1. The van der Waals surface area contributed by atoms with Crippen LogP contribution in [0.1, 0.15) is 25.7 Å². The molecule has 1 amide bonds. The third kappa shape index (κ3) is 3.86. The van der Waals surface area contributed by atoms with E-state index in [1.807, 2.05) is 23.1 Å². The second-order valence-electron chi connectivity index (χ2n) is 5.65. The first-order valence-electron chi connectivity index (χ1n) is 7.80. The maximum atomic E-state index is 12.4. The first-order chi connectivity index (χ1) is 11.2. The number of hydrogen-bond donors (Lipinski definition) is 0. The van der Waals surface area contributed by atoms with Crippen LogP contribution in [-0.4, -0.2) is 35.5 Å². The number of halogens is 2. The number of ether oxygens (including phenoxy) is 1. The van der Waals surface area contributed by atoms with E-state index < -0.39 is 0 Å². The van der Waals surface area contributed by atoms with Gasteiger partial charge in [0, 0.05) is 29.1 Å². The number of carbonyl (C=O) groups is 1. The highest BCUT2D eigenvalue weighted by molar-refractivity contribution is 9.11. The number of carbonyl (C=O) groups excluding carboxylic acids is 1. The van der Waals surface area contributed by atoms with Crippen LogP contribution in [0.3, 0.4) is 0 Å². The molecule has 6 heteroatoms. The summed E-state index contributed by atoms with van der Waals surface area (Å²) >= 11 is 7.04. The molecule has 1 aliphatic heterocycles. The van der Waals surface area contributed by atoms with E-state index in [4.69, 9.17) is 4.74 Å². The summed E-state index contributed by atoms with van der Waals surface area (Å²) in [6.45, 7) is 1.72. The Balaban J connectivity index is 1.78. The average Bonchev–Trinajstić information content (AvgIpc) is 2.84. The Morgan fingerprint density at radius 2 is 1.91 bits per heavy atom. The Kier molecular flexibility index (Phi) is 5.54. The first kappa shape index (κ1) is 16.7. The van der Waals surface area contributed by atoms with Crippen LogP contribution in [0.2, 0.25) is 0 Å². The highest BCUT2D eigenvalue weighted by Gasteiger charge is 2.18. The molecule has 122 valence electrons. The van der Waals surface area contributed by atoms with E-state index >= 15 is 0 Å². The Bertz CT molecular complexity index is 713. The summed E-state index contributed by atoms with van der Waals surface area (Å²) in [5.41, 5.74) is 0.748. The van der Waals surface area contributed by atoms with Gasteiger partial charge in [0.2, 0.25) is 0 Å². The quantitative estimate of drug-likeness (QED) is 0.701. The summed E-state index contributed by atoms with van der Waals surface area (Å²) in [6.07, 6.45) is 6.30. The number of pyridine rings is 1. The Labute approximate surface area is 152 Å². The van der Waals surface area contributed by atoms with E-state index in [2.05, 4.69) is 36.8 Å². The third-order valence-corrected chi connectivity index (χ3v) is 5.29. The van der Waals surface area contributed by atoms with Gasteiger partial charge in [-0.2, -0.15) is 0 Å². The van der Waals surface area contributed by atoms with Crippen LogP contribution >= 0.6 is 31.9 Å². The second-order valence-corrected chi connectivity index (χ2v) is 7.36. The molecule has 23 heavy (non-hydrogen) atoms. The van der Waals surface area contributed by atoms with Crippen LogP contribution < -0.4 is 4.74 Å². The van der Waals surface area contributed by atoms with Crippen molar-refractivity contribution in [2.45, 2.75) is 25.7 Å². The molecule has 1 aromatic heterocycles. The van der Waals surface area contributed by atoms with E-state index in [9.17, 15) is 4.79 Å². The highest BCUT2D eigenvalue weighted by Crippen LogP contribution is 2.37. The number of rotatable bonds is 3. The minimum atomic E-state index is 0.0470. The number of benzene rings is 1. The fraction of sp³-hybridized carbons (Fsp3) is 0.412. The van der Waals surface area contributed by atoms with Crippen molar-refractivity contribution in [1.82, 2.24) is 9.88 Å². The fourth-order valence-corrected chi connectivity index (χ4v) is 4.22. The van der Waals surface area contributed by atoms with Gasteiger partial charge in [0.15, 0.2) is 12.4 Å². The molecule has 0 atom stereocenters.